The molecular formula is C21H28ClN3O6. The molecule has 2 rings (SSSR count). The van der Waals surface area contributed by atoms with Crippen molar-refractivity contribution in [2.75, 3.05) is 26.2 Å². The van der Waals surface area contributed by atoms with Crippen LogP contribution in [0.5, 0.6) is 0 Å². The summed E-state index contributed by atoms with van der Waals surface area (Å²) in [4.78, 5) is 50.1. The van der Waals surface area contributed by atoms with Crippen molar-refractivity contribution in [2.45, 2.75) is 45.4 Å². The van der Waals surface area contributed by atoms with Crippen LogP contribution in [0.1, 0.15) is 43.5 Å². The summed E-state index contributed by atoms with van der Waals surface area (Å²) in [5.41, 5.74) is 0.274. The summed E-state index contributed by atoms with van der Waals surface area (Å²) >= 11 is 6.00. The van der Waals surface area contributed by atoms with Crippen molar-refractivity contribution in [3.05, 3.63) is 34.9 Å². The van der Waals surface area contributed by atoms with Gasteiger partial charge in [0.15, 0.2) is 0 Å². The number of esters is 1. The van der Waals surface area contributed by atoms with Crippen LogP contribution in [0.3, 0.4) is 0 Å². The van der Waals surface area contributed by atoms with Crippen LogP contribution < -0.4 is 10.6 Å². The molecule has 9 nitrogen and oxygen atoms in total. The lowest BCUT2D eigenvalue weighted by molar-refractivity contribution is -0.176. The molecule has 1 aromatic rings. The highest BCUT2D eigenvalue weighted by Crippen LogP contribution is 2.18. The van der Waals surface area contributed by atoms with Crippen molar-refractivity contribution >= 4 is 35.3 Å². The number of likely N-dealkylation sites (tertiary alicyclic amines) is 1. The molecule has 1 unspecified atom stereocenters. The number of carbonyl (C=O) groups excluding carboxylic acids is 4. The Balaban J connectivity index is 1.88. The van der Waals surface area contributed by atoms with Gasteiger partial charge in [-0.3, -0.25) is 19.2 Å². The quantitative estimate of drug-likeness (QED) is 0.410. The molecule has 170 valence electrons. The first-order chi connectivity index (χ1) is 14.8. The summed E-state index contributed by atoms with van der Waals surface area (Å²) in [7, 11) is 0. The lowest BCUT2D eigenvalue weighted by atomic mass is 10.2. The summed E-state index contributed by atoms with van der Waals surface area (Å²) in [6.07, 6.45) is 1.02. The maximum absolute atomic E-state index is 12.6. The maximum atomic E-state index is 12.6. The monoisotopic (exact) mass is 453 g/mol. The fourth-order valence-electron chi connectivity index (χ4n) is 3.21. The molecule has 10 heteroatoms. The van der Waals surface area contributed by atoms with E-state index in [0.29, 0.717) is 31.0 Å². The minimum absolute atomic E-state index is 0.0137. The molecule has 31 heavy (non-hydrogen) atoms. The molecule has 3 amide bonds. The van der Waals surface area contributed by atoms with E-state index in [1.807, 2.05) is 6.92 Å². The van der Waals surface area contributed by atoms with Gasteiger partial charge in [-0.15, -0.1) is 0 Å². The molecule has 0 spiro atoms. The average Bonchev–Trinajstić information content (AvgIpc) is 3.23. The maximum Gasteiger partial charge on any atom is 0.305 e. The molecule has 0 radical (unpaired) electrons. The van der Waals surface area contributed by atoms with Crippen LogP contribution in [-0.2, 0) is 23.9 Å². The Hall–Kier alpha value is -2.65. The van der Waals surface area contributed by atoms with E-state index in [-0.39, 0.29) is 30.5 Å². The number of hydrogen-bond acceptors (Lipinski definition) is 6. The van der Waals surface area contributed by atoms with E-state index < -0.39 is 24.2 Å². The number of halogens is 1. The third kappa shape index (κ3) is 7.52. The van der Waals surface area contributed by atoms with Crippen molar-refractivity contribution in [1.82, 2.24) is 15.5 Å². The fourth-order valence-corrected chi connectivity index (χ4v) is 3.43. The Morgan fingerprint density at radius 2 is 1.97 bits per heavy atom. The van der Waals surface area contributed by atoms with Crippen molar-refractivity contribution in [3.63, 3.8) is 0 Å². The van der Waals surface area contributed by atoms with E-state index >= 15 is 0 Å². The highest BCUT2D eigenvalue weighted by molar-refractivity contribution is 6.33. The molecule has 0 aromatic heterocycles. The molecule has 1 aliphatic rings. The van der Waals surface area contributed by atoms with Gasteiger partial charge in [0.1, 0.15) is 6.04 Å². The Morgan fingerprint density at radius 1 is 1.23 bits per heavy atom. The van der Waals surface area contributed by atoms with Crippen LogP contribution in [0.2, 0.25) is 5.02 Å². The van der Waals surface area contributed by atoms with E-state index in [9.17, 15) is 19.2 Å². The number of nitrogens with zero attached hydrogens (tertiary/aromatic N) is 1. The zero-order valence-corrected chi connectivity index (χ0v) is 18.4. The number of hydrogen-bond donors (Lipinski definition) is 2. The van der Waals surface area contributed by atoms with Crippen LogP contribution in [0, 0.1) is 0 Å². The Labute approximate surface area is 186 Å². The second-order valence-corrected chi connectivity index (χ2v) is 7.47. The van der Waals surface area contributed by atoms with E-state index in [2.05, 4.69) is 10.6 Å². The summed E-state index contributed by atoms with van der Waals surface area (Å²) in [6, 6.07) is 5.88. The van der Waals surface area contributed by atoms with Gasteiger partial charge < -0.3 is 25.0 Å². The smallest absolute Gasteiger partial charge is 0.305 e. The van der Waals surface area contributed by atoms with Crippen molar-refractivity contribution < 1.29 is 28.7 Å². The third-order valence-corrected chi connectivity index (χ3v) is 4.97. The van der Waals surface area contributed by atoms with Crippen molar-refractivity contribution in [2.24, 2.45) is 0 Å². The van der Waals surface area contributed by atoms with Gasteiger partial charge in [-0.2, -0.15) is 0 Å². The summed E-state index contributed by atoms with van der Waals surface area (Å²) < 4.78 is 10.5. The van der Waals surface area contributed by atoms with Crippen LogP contribution in [0.4, 0.5) is 0 Å². The predicted octanol–water partition coefficient (Wildman–Crippen LogP) is 1.49. The SMILES string of the molecule is CCCO[C@H](CNC(=O)C1CCCN1C(=O)CNC(=O)c1ccccc1Cl)OC(C)=O. The predicted molar refractivity (Wildman–Crippen MR) is 113 cm³/mol. The number of benzene rings is 1. The second-order valence-electron chi connectivity index (χ2n) is 7.06. The first-order valence-electron chi connectivity index (χ1n) is 10.2. The number of carbonyl (C=O) groups is 4. The van der Waals surface area contributed by atoms with Crippen molar-refractivity contribution in [1.29, 1.82) is 0 Å². The lowest BCUT2D eigenvalue weighted by Crippen LogP contribution is -2.50. The number of rotatable bonds is 10. The first-order valence-corrected chi connectivity index (χ1v) is 10.6. The average molecular weight is 454 g/mol. The molecule has 1 fully saturated rings. The van der Waals surface area contributed by atoms with Gasteiger partial charge in [-0.1, -0.05) is 30.7 Å². The van der Waals surface area contributed by atoms with Crippen LogP contribution in [-0.4, -0.2) is 67.2 Å². The fraction of sp³-hybridized carbons (Fsp3) is 0.524. The molecule has 1 aliphatic heterocycles. The zero-order valence-electron chi connectivity index (χ0n) is 17.7. The van der Waals surface area contributed by atoms with Gasteiger partial charge in [0.2, 0.25) is 18.1 Å². The van der Waals surface area contributed by atoms with E-state index in [1.165, 1.54) is 11.8 Å². The first kappa shape index (κ1) is 24.6. The largest absolute Gasteiger partial charge is 0.434 e. The summed E-state index contributed by atoms with van der Waals surface area (Å²) in [6.45, 7) is 3.71. The summed E-state index contributed by atoms with van der Waals surface area (Å²) in [5, 5.41) is 5.52. The molecule has 1 saturated heterocycles. The molecule has 1 heterocycles. The zero-order chi connectivity index (χ0) is 22.8. The van der Waals surface area contributed by atoms with Gasteiger partial charge in [0.05, 0.1) is 30.3 Å². The standard InChI is InChI=1S/C21H28ClN3O6/c1-3-11-30-19(31-14(2)26)13-24-21(29)17-9-6-10-25(17)18(27)12-23-20(28)15-7-4-5-8-16(15)22/h4-5,7-8,17,19H,3,6,9-13H2,1-2H3,(H,23,28)(H,24,29)/t17?,19-/m0/s1. The van der Waals surface area contributed by atoms with Gasteiger partial charge in [0, 0.05) is 13.5 Å². The van der Waals surface area contributed by atoms with Crippen LogP contribution in [0.15, 0.2) is 24.3 Å². The molecule has 2 N–H and O–H groups in total. The Morgan fingerprint density at radius 3 is 2.65 bits per heavy atom. The van der Waals surface area contributed by atoms with Gasteiger partial charge in [0.25, 0.3) is 5.91 Å². The van der Waals surface area contributed by atoms with E-state index in [4.69, 9.17) is 21.1 Å². The third-order valence-electron chi connectivity index (χ3n) is 4.64. The molecule has 1 aromatic carbocycles. The van der Waals surface area contributed by atoms with Gasteiger partial charge in [-0.05, 0) is 31.4 Å². The number of amides is 3. The van der Waals surface area contributed by atoms with Crippen LogP contribution >= 0.6 is 11.6 Å². The number of nitrogens with one attached hydrogen (secondary N) is 2. The second kappa shape index (κ2) is 12.3. The van der Waals surface area contributed by atoms with E-state index in [0.717, 1.165) is 6.42 Å². The molecular weight excluding hydrogens is 426 g/mol. The Bertz CT molecular complexity index is 803. The summed E-state index contributed by atoms with van der Waals surface area (Å²) in [5.74, 6) is -1.70. The molecule has 2 atom stereocenters. The molecule has 0 bridgehead atoms. The number of ether oxygens (including phenoxy) is 2. The highest BCUT2D eigenvalue weighted by atomic mass is 35.5. The van der Waals surface area contributed by atoms with E-state index in [1.54, 1.807) is 24.3 Å². The Kier molecular flexibility index (Phi) is 9.74. The van der Waals surface area contributed by atoms with Crippen LogP contribution in [0.25, 0.3) is 0 Å². The topological polar surface area (TPSA) is 114 Å². The molecule has 0 aliphatic carbocycles. The van der Waals surface area contributed by atoms with Crippen molar-refractivity contribution in [3.8, 4) is 0 Å². The van der Waals surface area contributed by atoms with Gasteiger partial charge >= 0.3 is 5.97 Å². The lowest BCUT2D eigenvalue weighted by Gasteiger charge is -2.25. The highest BCUT2D eigenvalue weighted by Gasteiger charge is 2.34. The van der Waals surface area contributed by atoms with Gasteiger partial charge in [-0.25, -0.2) is 0 Å². The minimum atomic E-state index is -0.887. The minimum Gasteiger partial charge on any atom is -0.434 e. The molecule has 0 saturated carbocycles. The normalized spacial score (nSPS) is 16.5.